The van der Waals surface area contributed by atoms with E-state index in [0.717, 1.165) is 27.7 Å². The number of esters is 4. The molecule has 0 amide bonds. The van der Waals surface area contributed by atoms with Crippen LogP contribution in [0, 0.1) is 0 Å². The molecule has 0 unspecified atom stereocenters. The van der Waals surface area contributed by atoms with Crippen molar-refractivity contribution in [1.82, 2.24) is 0 Å². The third-order valence-electron chi connectivity index (χ3n) is 7.53. The Labute approximate surface area is 252 Å². The van der Waals surface area contributed by atoms with E-state index in [9.17, 15) is 29.4 Å². The SMILES string of the molecule is CO[C@H]1O[C@H](CO[Si](C)(C)C(C)(C)C)[C@H](O)[C@H](O[C@@H]2O[C@H](COC(C)=O)[C@@H](OC(C)=O)[C@H](OC(C)=O)[C@H]2OC(C)=O)[C@H]1O. The summed E-state index contributed by atoms with van der Waals surface area (Å²) in [4.78, 5) is 47.8. The second-order valence-corrected chi connectivity index (χ2v) is 16.8. The lowest BCUT2D eigenvalue weighted by Crippen LogP contribution is -2.66. The molecule has 0 aromatic carbocycles. The van der Waals surface area contributed by atoms with Gasteiger partial charge in [0.2, 0.25) is 0 Å². The summed E-state index contributed by atoms with van der Waals surface area (Å²) in [7, 11) is -0.990. The molecule has 0 aliphatic carbocycles. The number of hydrogen-bond acceptors (Lipinski definition) is 15. The number of carbonyl (C=O) groups excluding carboxylic acids is 4. The Hall–Kier alpha value is -2.18. The first kappa shape index (κ1) is 37.0. The van der Waals surface area contributed by atoms with Gasteiger partial charge in [-0.25, -0.2) is 0 Å². The van der Waals surface area contributed by atoms with Crippen molar-refractivity contribution in [3.8, 4) is 0 Å². The van der Waals surface area contributed by atoms with Crippen LogP contribution in [0.3, 0.4) is 0 Å². The van der Waals surface area contributed by atoms with Crippen LogP contribution in [-0.2, 0) is 61.5 Å². The second kappa shape index (κ2) is 15.2. The molecule has 15 nitrogen and oxygen atoms in total. The van der Waals surface area contributed by atoms with Gasteiger partial charge in [0.25, 0.3) is 0 Å². The molecule has 2 aliphatic heterocycles. The van der Waals surface area contributed by atoms with Crippen LogP contribution in [0.2, 0.25) is 18.1 Å². The average molecular weight is 639 g/mol. The maximum Gasteiger partial charge on any atom is 0.303 e. The molecule has 2 saturated heterocycles. The van der Waals surface area contributed by atoms with E-state index >= 15 is 0 Å². The van der Waals surface area contributed by atoms with Crippen molar-refractivity contribution < 1.29 is 71.7 Å². The zero-order valence-corrected chi connectivity index (χ0v) is 27.4. The minimum atomic E-state index is -2.28. The smallest absolute Gasteiger partial charge is 0.303 e. The highest BCUT2D eigenvalue weighted by Gasteiger charge is 2.56. The Morgan fingerprint density at radius 1 is 0.698 bits per heavy atom. The molecule has 2 aliphatic rings. The molecule has 10 atom stereocenters. The number of ether oxygens (including phenoxy) is 8. The first-order valence-electron chi connectivity index (χ1n) is 13.9. The van der Waals surface area contributed by atoms with Gasteiger partial charge in [-0.1, -0.05) is 20.8 Å². The van der Waals surface area contributed by atoms with Crippen molar-refractivity contribution >= 4 is 32.2 Å². The fourth-order valence-electron chi connectivity index (χ4n) is 4.36. The first-order chi connectivity index (χ1) is 19.8. The van der Waals surface area contributed by atoms with Crippen molar-refractivity contribution in [3.05, 3.63) is 0 Å². The fourth-order valence-corrected chi connectivity index (χ4v) is 5.37. The minimum Gasteiger partial charge on any atom is -0.463 e. The molecule has 248 valence electrons. The maximum absolute atomic E-state index is 12.1. The second-order valence-electron chi connectivity index (χ2n) is 12.0. The lowest BCUT2D eigenvalue weighted by Gasteiger charge is -2.48. The van der Waals surface area contributed by atoms with E-state index in [1.165, 1.54) is 7.11 Å². The largest absolute Gasteiger partial charge is 0.463 e. The molecule has 2 heterocycles. The van der Waals surface area contributed by atoms with Gasteiger partial charge < -0.3 is 52.5 Å². The molecule has 0 spiro atoms. The van der Waals surface area contributed by atoms with Gasteiger partial charge >= 0.3 is 23.9 Å². The van der Waals surface area contributed by atoms with E-state index < -0.39 is 100 Å². The summed E-state index contributed by atoms with van der Waals surface area (Å²) in [5.41, 5.74) is 0. The summed E-state index contributed by atoms with van der Waals surface area (Å²) in [6.07, 6.45) is -14.2. The number of methoxy groups -OCH3 is 1. The third kappa shape index (κ3) is 9.91. The molecule has 2 fully saturated rings. The van der Waals surface area contributed by atoms with Crippen LogP contribution in [0.4, 0.5) is 0 Å². The molecule has 0 bridgehead atoms. The van der Waals surface area contributed by atoms with E-state index in [4.69, 9.17) is 42.3 Å². The predicted octanol–water partition coefficient (Wildman–Crippen LogP) is 0.570. The van der Waals surface area contributed by atoms with Crippen LogP contribution in [0.15, 0.2) is 0 Å². The predicted molar refractivity (Wildman–Crippen MR) is 148 cm³/mol. The Bertz CT molecular complexity index is 982. The van der Waals surface area contributed by atoms with Crippen LogP contribution in [0.25, 0.3) is 0 Å². The Morgan fingerprint density at radius 2 is 1.21 bits per heavy atom. The van der Waals surface area contributed by atoms with Gasteiger partial charge in [-0.05, 0) is 18.1 Å². The first-order valence-corrected chi connectivity index (χ1v) is 16.8. The molecule has 0 saturated carbocycles. The molecular weight excluding hydrogens is 592 g/mol. The molecule has 43 heavy (non-hydrogen) atoms. The minimum absolute atomic E-state index is 0.0529. The standard InChI is InChI=1S/C27H46O15Si/c1-13(28)35-11-18-21(37-14(2)29)23(38-15(3)30)24(39-16(4)31)26(41-18)42-22-19(32)17(40-25(34-8)20(22)33)12-36-43(9,10)27(5,6)7/h17-26,32-33H,11-12H2,1-10H3/t17-,18-,19+,20-,21-,22+,23+,24-,25+,26+/m1/s1. The van der Waals surface area contributed by atoms with E-state index in [1.54, 1.807) is 0 Å². The average Bonchev–Trinajstić information content (AvgIpc) is 2.86. The Kier molecular flexibility index (Phi) is 13.1. The van der Waals surface area contributed by atoms with Gasteiger partial charge in [0.15, 0.2) is 39.2 Å². The Morgan fingerprint density at radius 3 is 1.70 bits per heavy atom. The van der Waals surface area contributed by atoms with E-state index in [1.807, 2.05) is 13.1 Å². The molecular formula is C27H46O15Si. The molecule has 0 aromatic heterocycles. The summed E-state index contributed by atoms with van der Waals surface area (Å²) >= 11 is 0. The summed E-state index contributed by atoms with van der Waals surface area (Å²) in [6, 6.07) is 0. The topological polar surface area (TPSA) is 192 Å². The summed E-state index contributed by atoms with van der Waals surface area (Å²) in [5, 5.41) is 22.2. The summed E-state index contributed by atoms with van der Waals surface area (Å²) in [6.45, 7) is 14.1. The lowest BCUT2D eigenvalue weighted by atomic mass is 9.96. The normalized spacial score (nSPS) is 33.3. The summed E-state index contributed by atoms with van der Waals surface area (Å²) < 4.78 is 50.6. The monoisotopic (exact) mass is 638 g/mol. The number of aliphatic hydroxyl groups excluding tert-OH is 2. The van der Waals surface area contributed by atoms with E-state index in [2.05, 4.69) is 20.8 Å². The van der Waals surface area contributed by atoms with Gasteiger partial charge in [-0.2, -0.15) is 0 Å². The van der Waals surface area contributed by atoms with Gasteiger partial charge in [-0.3, -0.25) is 19.2 Å². The van der Waals surface area contributed by atoms with Crippen LogP contribution in [0.1, 0.15) is 48.5 Å². The lowest BCUT2D eigenvalue weighted by molar-refractivity contribution is -0.358. The van der Waals surface area contributed by atoms with Crippen LogP contribution < -0.4 is 0 Å². The molecule has 2 N–H and O–H groups in total. The van der Waals surface area contributed by atoms with Crippen molar-refractivity contribution in [3.63, 3.8) is 0 Å². The van der Waals surface area contributed by atoms with Crippen LogP contribution >= 0.6 is 0 Å². The summed E-state index contributed by atoms with van der Waals surface area (Å²) in [5.74, 6) is -3.12. The zero-order chi connectivity index (χ0) is 32.9. The van der Waals surface area contributed by atoms with Gasteiger partial charge in [-0.15, -0.1) is 0 Å². The van der Waals surface area contributed by atoms with E-state index in [0.29, 0.717) is 0 Å². The van der Waals surface area contributed by atoms with Crippen LogP contribution in [-0.4, -0.2) is 124 Å². The van der Waals surface area contributed by atoms with Gasteiger partial charge in [0, 0.05) is 34.8 Å². The third-order valence-corrected chi connectivity index (χ3v) is 12.0. The van der Waals surface area contributed by atoms with Crippen molar-refractivity contribution in [2.24, 2.45) is 0 Å². The number of rotatable bonds is 11. The van der Waals surface area contributed by atoms with Crippen molar-refractivity contribution in [2.45, 2.75) is 128 Å². The number of hydrogen-bond donors (Lipinski definition) is 2. The molecule has 2 rings (SSSR count). The maximum atomic E-state index is 12.1. The van der Waals surface area contributed by atoms with Crippen molar-refractivity contribution in [1.29, 1.82) is 0 Å². The number of aliphatic hydroxyl groups is 2. The molecule has 0 aromatic rings. The van der Waals surface area contributed by atoms with E-state index in [-0.39, 0.29) is 11.6 Å². The highest BCUT2D eigenvalue weighted by Crippen LogP contribution is 2.38. The quantitative estimate of drug-likeness (QED) is 0.181. The highest BCUT2D eigenvalue weighted by molar-refractivity contribution is 6.74. The fraction of sp³-hybridized carbons (Fsp3) is 0.852. The molecule has 16 heteroatoms. The van der Waals surface area contributed by atoms with Gasteiger partial charge in [0.05, 0.1) is 6.61 Å². The van der Waals surface area contributed by atoms with Gasteiger partial charge in [0.1, 0.15) is 37.1 Å². The number of carbonyl (C=O) groups is 4. The highest BCUT2D eigenvalue weighted by atomic mass is 28.4. The van der Waals surface area contributed by atoms with Crippen molar-refractivity contribution in [2.75, 3.05) is 20.3 Å². The molecule has 0 radical (unpaired) electrons. The Balaban J connectivity index is 2.47. The van der Waals surface area contributed by atoms with Crippen LogP contribution in [0.5, 0.6) is 0 Å². The zero-order valence-electron chi connectivity index (χ0n) is 26.4.